The number of aliphatic carboxylic acids is 1. The van der Waals surface area contributed by atoms with Crippen molar-refractivity contribution in [2.45, 2.75) is 31.6 Å². The van der Waals surface area contributed by atoms with E-state index in [9.17, 15) is 9.90 Å². The first-order valence-corrected chi connectivity index (χ1v) is 7.18. The zero-order valence-electron chi connectivity index (χ0n) is 10.7. The van der Waals surface area contributed by atoms with Crippen LogP contribution in [-0.2, 0) is 10.2 Å². The highest BCUT2D eigenvalue weighted by molar-refractivity contribution is 9.10. The van der Waals surface area contributed by atoms with Gasteiger partial charge in [0, 0.05) is 10.0 Å². The zero-order valence-corrected chi connectivity index (χ0v) is 12.2. The van der Waals surface area contributed by atoms with Crippen LogP contribution in [-0.4, -0.2) is 24.3 Å². The molecule has 0 atom stereocenters. The summed E-state index contributed by atoms with van der Waals surface area (Å²) in [6.45, 7) is 2.95. The Morgan fingerprint density at radius 1 is 1.37 bits per heavy atom. The Kier molecular flexibility index (Phi) is 2.96. The lowest BCUT2D eigenvalue weighted by atomic mass is 9.63. The molecule has 2 aliphatic rings. The van der Waals surface area contributed by atoms with Gasteiger partial charge in [-0.25, -0.2) is 0 Å². The average Bonchev–Trinajstić information content (AvgIpc) is 2.31. The molecular formula is C14H15BrO4. The Balaban J connectivity index is 2.19. The Morgan fingerprint density at radius 2 is 2.05 bits per heavy atom. The van der Waals surface area contributed by atoms with Crippen molar-refractivity contribution < 1.29 is 19.4 Å². The minimum absolute atomic E-state index is 0.509. The van der Waals surface area contributed by atoms with Gasteiger partial charge in [-0.3, -0.25) is 4.79 Å². The van der Waals surface area contributed by atoms with Crippen LogP contribution in [0.2, 0.25) is 0 Å². The molecule has 1 aliphatic heterocycles. The third-order valence-electron chi connectivity index (χ3n) is 4.12. The number of rotatable bonds is 2. The molecule has 19 heavy (non-hydrogen) atoms. The number of halogens is 1. The standard InChI is InChI=1S/C14H15BrO4/c1-8-11(14(13(16)17)3-2-4-14)9(15)7-10-12(8)19-6-5-18-10/h7H,2-6H2,1H3,(H,16,17). The van der Waals surface area contributed by atoms with Crippen molar-refractivity contribution in [3.8, 4) is 11.5 Å². The summed E-state index contributed by atoms with van der Waals surface area (Å²) in [6, 6.07) is 1.83. The molecule has 5 heteroatoms. The highest BCUT2D eigenvalue weighted by Crippen LogP contribution is 2.51. The van der Waals surface area contributed by atoms with Crippen LogP contribution in [0.15, 0.2) is 10.5 Å². The molecule has 1 aromatic carbocycles. The normalized spacial score (nSPS) is 19.7. The summed E-state index contributed by atoms with van der Waals surface area (Å²) in [5, 5.41) is 9.60. The summed E-state index contributed by atoms with van der Waals surface area (Å²) >= 11 is 3.51. The second-order valence-electron chi connectivity index (χ2n) is 5.12. The molecule has 102 valence electrons. The van der Waals surface area contributed by atoms with Crippen LogP contribution in [0.1, 0.15) is 30.4 Å². The van der Waals surface area contributed by atoms with Crippen molar-refractivity contribution in [1.82, 2.24) is 0 Å². The van der Waals surface area contributed by atoms with E-state index in [1.54, 1.807) is 0 Å². The van der Waals surface area contributed by atoms with Crippen molar-refractivity contribution in [1.29, 1.82) is 0 Å². The molecule has 0 radical (unpaired) electrons. The molecule has 1 aromatic rings. The summed E-state index contributed by atoms with van der Waals surface area (Å²) in [4.78, 5) is 11.7. The Morgan fingerprint density at radius 3 is 2.63 bits per heavy atom. The van der Waals surface area contributed by atoms with Crippen molar-refractivity contribution >= 4 is 21.9 Å². The number of benzene rings is 1. The number of hydrogen-bond donors (Lipinski definition) is 1. The Bertz CT molecular complexity index is 549. The Labute approximate surface area is 119 Å². The lowest BCUT2D eigenvalue weighted by molar-refractivity contribution is -0.147. The molecule has 1 heterocycles. The molecule has 3 rings (SSSR count). The minimum Gasteiger partial charge on any atom is -0.486 e. The van der Waals surface area contributed by atoms with Crippen LogP contribution in [0.25, 0.3) is 0 Å². The van der Waals surface area contributed by atoms with Gasteiger partial charge in [0.2, 0.25) is 0 Å². The van der Waals surface area contributed by atoms with Gasteiger partial charge in [0.25, 0.3) is 0 Å². The highest BCUT2D eigenvalue weighted by atomic mass is 79.9. The lowest BCUT2D eigenvalue weighted by Gasteiger charge is -2.40. The molecule has 0 amide bonds. The summed E-state index contributed by atoms with van der Waals surface area (Å²) in [5.74, 6) is 0.635. The van der Waals surface area contributed by atoms with Crippen molar-refractivity contribution in [2.75, 3.05) is 13.2 Å². The molecule has 0 unspecified atom stereocenters. The molecule has 1 N–H and O–H groups in total. The lowest BCUT2D eigenvalue weighted by Crippen LogP contribution is -2.43. The number of carbonyl (C=O) groups is 1. The number of carboxylic acids is 1. The molecule has 4 nitrogen and oxygen atoms in total. The highest BCUT2D eigenvalue weighted by Gasteiger charge is 2.48. The predicted octanol–water partition coefficient (Wildman–Crippen LogP) is 3.04. The van der Waals surface area contributed by atoms with Gasteiger partial charge in [-0.15, -0.1) is 0 Å². The zero-order chi connectivity index (χ0) is 13.6. The van der Waals surface area contributed by atoms with Crippen molar-refractivity contribution in [3.63, 3.8) is 0 Å². The topological polar surface area (TPSA) is 55.8 Å². The first-order chi connectivity index (χ1) is 9.06. The molecule has 0 spiro atoms. The first kappa shape index (κ1) is 12.8. The second kappa shape index (κ2) is 4.40. The average molecular weight is 327 g/mol. The smallest absolute Gasteiger partial charge is 0.314 e. The first-order valence-electron chi connectivity index (χ1n) is 6.39. The minimum atomic E-state index is -0.765. The number of carboxylic acid groups (broad SMARTS) is 1. The van der Waals surface area contributed by atoms with E-state index < -0.39 is 11.4 Å². The fraction of sp³-hybridized carbons (Fsp3) is 0.500. The number of ether oxygens (including phenoxy) is 2. The molecule has 1 aliphatic carbocycles. The van der Waals surface area contributed by atoms with E-state index in [1.165, 1.54) is 0 Å². The third-order valence-corrected chi connectivity index (χ3v) is 4.74. The van der Waals surface area contributed by atoms with Crippen LogP contribution >= 0.6 is 15.9 Å². The van der Waals surface area contributed by atoms with Crippen LogP contribution in [0.3, 0.4) is 0 Å². The molecular weight excluding hydrogens is 312 g/mol. The van der Waals surface area contributed by atoms with Gasteiger partial charge < -0.3 is 14.6 Å². The fourth-order valence-electron chi connectivity index (χ4n) is 3.00. The van der Waals surface area contributed by atoms with Crippen LogP contribution < -0.4 is 9.47 Å². The van der Waals surface area contributed by atoms with Crippen molar-refractivity contribution in [3.05, 3.63) is 21.7 Å². The van der Waals surface area contributed by atoms with E-state index in [4.69, 9.17) is 9.47 Å². The maximum absolute atomic E-state index is 11.7. The van der Waals surface area contributed by atoms with Gasteiger partial charge in [0.15, 0.2) is 11.5 Å². The summed E-state index contributed by atoms with van der Waals surface area (Å²) in [7, 11) is 0. The summed E-state index contributed by atoms with van der Waals surface area (Å²) < 4.78 is 12.0. The molecule has 0 saturated heterocycles. The maximum atomic E-state index is 11.7. The van der Waals surface area contributed by atoms with Crippen LogP contribution in [0.5, 0.6) is 11.5 Å². The molecule has 1 fully saturated rings. The monoisotopic (exact) mass is 326 g/mol. The van der Waals surface area contributed by atoms with Crippen LogP contribution in [0, 0.1) is 6.92 Å². The van der Waals surface area contributed by atoms with Crippen LogP contribution in [0.4, 0.5) is 0 Å². The van der Waals surface area contributed by atoms with E-state index in [-0.39, 0.29) is 0 Å². The van der Waals surface area contributed by atoms with Gasteiger partial charge in [0.1, 0.15) is 13.2 Å². The summed E-state index contributed by atoms with van der Waals surface area (Å²) in [6.07, 6.45) is 2.31. The van der Waals surface area contributed by atoms with E-state index >= 15 is 0 Å². The molecule has 0 bridgehead atoms. The van der Waals surface area contributed by atoms with Gasteiger partial charge in [-0.05, 0) is 31.4 Å². The van der Waals surface area contributed by atoms with Gasteiger partial charge in [0.05, 0.1) is 5.41 Å². The molecule has 0 aromatic heterocycles. The molecule has 1 saturated carbocycles. The van der Waals surface area contributed by atoms with Crippen molar-refractivity contribution in [2.24, 2.45) is 0 Å². The maximum Gasteiger partial charge on any atom is 0.314 e. The van der Waals surface area contributed by atoms with E-state index in [0.29, 0.717) is 37.6 Å². The third kappa shape index (κ3) is 1.75. The van der Waals surface area contributed by atoms with E-state index in [0.717, 1.165) is 22.0 Å². The number of fused-ring (bicyclic) bond motifs is 1. The van der Waals surface area contributed by atoms with Gasteiger partial charge in [-0.2, -0.15) is 0 Å². The summed E-state index contributed by atoms with van der Waals surface area (Å²) in [5.41, 5.74) is 0.959. The fourth-order valence-corrected chi connectivity index (χ4v) is 3.89. The van der Waals surface area contributed by atoms with E-state index in [2.05, 4.69) is 15.9 Å². The van der Waals surface area contributed by atoms with Gasteiger partial charge in [-0.1, -0.05) is 22.4 Å². The SMILES string of the molecule is Cc1c2c(cc(Br)c1C1(C(=O)O)CCC1)OCCO2. The predicted molar refractivity (Wildman–Crippen MR) is 73.0 cm³/mol. The van der Waals surface area contributed by atoms with E-state index in [1.807, 2.05) is 13.0 Å². The van der Waals surface area contributed by atoms with Gasteiger partial charge >= 0.3 is 5.97 Å². The Hall–Kier alpha value is -1.23. The second-order valence-corrected chi connectivity index (χ2v) is 5.98. The quantitative estimate of drug-likeness (QED) is 0.907. The number of hydrogen-bond acceptors (Lipinski definition) is 3. The largest absolute Gasteiger partial charge is 0.486 e.